The van der Waals surface area contributed by atoms with E-state index in [0.717, 1.165) is 11.0 Å². The summed E-state index contributed by atoms with van der Waals surface area (Å²) in [6.07, 6.45) is -0.791. The van der Waals surface area contributed by atoms with Gasteiger partial charge in [0.05, 0.1) is 21.5 Å². The number of benzene rings is 1. The number of cyclic esters (lactones) is 1. The average Bonchev–Trinajstić information content (AvgIpc) is 2.90. The van der Waals surface area contributed by atoms with E-state index in [4.69, 9.17) is 4.74 Å². The van der Waals surface area contributed by atoms with Gasteiger partial charge in [-0.3, -0.25) is 14.9 Å². The second kappa shape index (κ2) is 6.52. The number of hydrogen-bond donors (Lipinski definition) is 0. The summed E-state index contributed by atoms with van der Waals surface area (Å²) >= 11 is 2.99. The molecule has 2 rings (SSSR count). The first-order valence-electron chi connectivity index (χ1n) is 5.98. The SMILES string of the molecule is O=C(OCC(=O)N1CCOC1=O)c1ccc(Br)c([N+](=O)[O-])c1. The molecule has 0 atom stereocenters. The van der Waals surface area contributed by atoms with Crippen LogP contribution in [0.2, 0.25) is 0 Å². The lowest BCUT2D eigenvalue weighted by Gasteiger charge is -2.10. The van der Waals surface area contributed by atoms with Gasteiger partial charge in [-0.2, -0.15) is 0 Å². The molecule has 116 valence electrons. The van der Waals surface area contributed by atoms with Crippen LogP contribution < -0.4 is 0 Å². The Balaban J connectivity index is 2.00. The highest BCUT2D eigenvalue weighted by Crippen LogP contribution is 2.25. The Morgan fingerprint density at radius 2 is 2.18 bits per heavy atom. The molecule has 1 heterocycles. The number of nitro groups is 1. The molecule has 1 fully saturated rings. The smallest absolute Gasteiger partial charge is 0.416 e. The van der Waals surface area contributed by atoms with Crippen LogP contribution in [0, 0.1) is 10.1 Å². The van der Waals surface area contributed by atoms with Crippen molar-refractivity contribution in [2.45, 2.75) is 0 Å². The molecular weight excluding hydrogens is 364 g/mol. The van der Waals surface area contributed by atoms with Gasteiger partial charge in [0.15, 0.2) is 6.61 Å². The number of esters is 1. The van der Waals surface area contributed by atoms with Crippen molar-refractivity contribution >= 4 is 39.6 Å². The van der Waals surface area contributed by atoms with E-state index < -0.39 is 29.5 Å². The van der Waals surface area contributed by atoms with E-state index in [1.54, 1.807) is 0 Å². The van der Waals surface area contributed by atoms with Crippen LogP contribution in [0.3, 0.4) is 0 Å². The van der Waals surface area contributed by atoms with E-state index in [9.17, 15) is 24.5 Å². The van der Waals surface area contributed by atoms with Crippen LogP contribution in [0.4, 0.5) is 10.5 Å². The maximum atomic E-state index is 11.8. The second-order valence-electron chi connectivity index (χ2n) is 4.16. The van der Waals surface area contributed by atoms with Crippen molar-refractivity contribution < 1.29 is 28.8 Å². The molecule has 9 nitrogen and oxygen atoms in total. The van der Waals surface area contributed by atoms with Gasteiger partial charge >= 0.3 is 12.1 Å². The maximum Gasteiger partial charge on any atom is 0.416 e. The molecule has 0 aliphatic carbocycles. The van der Waals surface area contributed by atoms with E-state index in [0.29, 0.717) is 0 Å². The predicted octanol–water partition coefficient (Wildman–Crippen LogP) is 1.49. The fourth-order valence-corrected chi connectivity index (χ4v) is 2.08. The molecule has 0 radical (unpaired) electrons. The molecule has 0 N–H and O–H groups in total. The third-order valence-corrected chi connectivity index (χ3v) is 3.44. The standard InChI is InChI=1S/C12H9BrN2O7/c13-8-2-1-7(5-9(8)15(19)20)11(17)22-6-10(16)14-3-4-21-12(14)18/h1-2,5H,3-4,6H2. The summed E-state index contributed by atoms with van der Waals surface area (Å²) in [7, 11) is 0. The van der Waals surface area contributed by atoms with Crippen LogP contribution in [-0.2, 0) is 14.3 Å². The number of ether oxygens (including phenoxy) is 2. The fourth-order valence-electron chi connectivity index (χ4n) is 1.69. The molecule has 0 saturated carbocycles. The van der Waals surface area contributed by atoms with Crippen molar-refractivity contribution in [2.24, 2.45) is 0 Å². The molecule has 2 amide bonds. The lowest BCUT2D eigenvalue weighted by molar-refractivity contribution is -0.385. The van der Waals surface area contributed by atoms with Gasteiger partial charge in [0.1, 0.15) is 6.61 Å². The molecule has 0 spiro atoms. The van der Waals surface area contributed by atoms with Crippen molar-refractivity contribution in [3.05, 3.63) is 38.3 Å². The quantitative estimate of drug-likeness (QED) is 0.446. The molecule has 10 heteroatoms. The topological polar surface area (TPSA) is 116 Å². The average molecular weight is 373 g/mol. The highest BCUT2D eigenvalue weighted by Gasteiger charge is 2.29. The summed E-state index contributed by atoms with van der Waals surface area (Å²) in [4.78, 5) is 45.5. The monoisotopic (exact) mass is 372 g/mol. The van der Waals surface area contributed by atoms with Crippen LogP contribution in [0.15, 0.2) is 22.7 Å². The minimum atomic E-state index is -0.906. The van der Waals surface area contributed by atoms with Crippen molar-refractivity contribution in [3.8, 4) is 0 Å². The largest absolute Gasteiger partial charge is 0.452 e. The molecule has 0 bridgehead atoms. The summed E-state index contributed by atoms with van der Waals surface area (Å²) in [5.41, 5.74) is -0.379. The Kier molecular flexibility index (Phi) is 4.71. The van der Waals surface area contributed by atoms with Gasteiger partial charge < -0.3 is 9.47 Å². The lowest BCUT2D eigenvalue weighted by atomic mass is 10.2. The van der Waals surface area contributed by atoms with Crippen LogP contribution in [-0.4, -0.2) is 47.6 Å². The van der Waals surface area contributed by atoms with Gasteiger partial charge in [0, 0.05) is 6.07 Å². The number of nitrogens with zero attached hydrogens (tertiary/aromatic N) is 2. The summed E-state index contributed by atoms with van der Waals surface area (Å²) in [6.45, 7) is -0.464. The van der Waals surface area contributed by atoms with Gasteiger partial charge in [0.2, 0.25) is 0 Å². The molecule has 1 saturated heterocycles. The number of rotatable bonds is 4. The van der Waals surface area contributed by atoms with Crippen molar-refractivity contribution in [1.82, 2.24) is 4.90 Å². The van der Waals surface area contributed by atoms with Crippen LogP contribution in [0.25, 0.3) is 0 Å². The number of carbonyl (C=O) groups excluding carboxylic acids is 3. The number of nitro benzene ring substituents is 1. The number of halogens is 1. The maximum absolute atomic E-state index is 11.8. The van der Waals surface area contributed by atoms with E-state index in [1.165, 1.54) is 12.1 Å². The highest BCUT2D eigenvalue weighted by atomic mass is 79.9. The van der Waals surface area contributed by atoms with Crippen molar-refractivity contribution in [3.63, 3.8) is 0 Å². The van der Waals surface area contributed by atoms with Gasteiger partial charge in [-0.25, -0.2) is 14.5 Å². The first-order chi connectivity index (χ1) is 10.4. The Labute approximate surface area is 132 Å². The van der Waals surface area contributed by atoms with Gasteiger partial charge in [0.25, 0.3) is 11.6 Å². The summed E-state index contributed by atoms with van der Waals surface area (Å²) in [5, 5.41) is 10.8. The normalized spacial score (nSPS) is 13.7. The highest BCUT2D eigenvalue weighted by molar-refractivity contribution is 9.10. The number of hydrogen-bond acceptors (Lipinski definition) is 7. The van der Waals surface area contributed by atoms with E-state index >= 15 is 0 Å². The minimum absolute atomic E-state index is 0.0771. The molecule has 1 aromatic carbocycles. The molecular formula is C12H9BrN2O7. The second-order valence-corrected chi connectivity index (χ2v) is 5.01. The van der Waals surface area contributed by atoms with Crippen LogP contribution in [0.5, 0.6) is 0 Å². The Morgan fingerprint density at radius 1 is 1.45 bits per heavy atom. The third kappa shape index (κ3) is 3.39. The first kappa shape index (κ1) is 15.9. The zero-order chi connectivity index (χ0) is 16.3. The summed E-state index contributed by atoms with van der Waals surface area (Å²) < 4.78 is 9.54. The lowest BCUT2D eigenvalue weighted by Crippen LogP contribution is -2.35. The fraction of sp³-hybridized carbons (Fsp3) is 0.250. The van der Waals surface area contributed by atoms with E-state index in [-0.39, 0.29) is 28.9 Å². The summed E-state index contributed by atoms with van der Waals surface area (Å²) in [5.74, 6) is -1.63. The molecule has 1 aliphatic heterocycles. The minimum Gasteiger partial charge on any atom is -0.452 e. The van der Waals surface area contributed by atoms with Crippen LogP contribution in [0.1, 0.15) is 10.4 Å². The van der Waals surface area contributed by atoms with Gasteiger partial charge in [-0.05, 0) is 28.1 Å². The Bertz CT molecular complexity index is 661. The third-order valence-electron chi connectivity index (χ3n) is 2.77. The summed E-state index contributed by atoms with van der Waals surface area (Å²) in [6, 6.07) is 3.67. The van der Waals surface area contributed by atoms with Crippen molar-refractivity contribution in [2.75, 3.05) is 19.8 Å². The zero-order valence-electron chi connectivity index (χ0n) is 11.0. The van der Waals surface area contributed by atoms with Gasteiger partial charge in [-0.15, -0.1) is 0 Å². The number of imide groups is 1. The van der Waals surface area contributed by atoms with E-state index in [2.05, 4.69) is 20.7 Å². The number of carbonyl (C=O) groups is 3. The predicted molar refractivity (Wildman–Crippen MR) is 74.1 cm³/mol. The Morgan fingerprint density at radius 3 is 2.77 bits per heavy atom. The van der Waals surface area contributed by atoms with Crippen LogP contribution >= 0.6 is 15.9 Å². The molecule has 0 aromatic heterocycles. The molecule has 1 aromatic rings. The molecule has 22 heavy (non-hydrogen) atoms. The number of amides is 2. The zero-order valence-corrected chi connectivity index (χ0v) is 12.6. The molecule has 1 aliphatic rings. The molecule has 0 unspecified atom stereocenters. The first-order valence-corrected chi connectivity index (χ1v) is 6.77. The van der Waals surface area contributed by atoms with Crippen molar-refractivity contribution in [1.29, 1.82) is 0 Å². The van der Waals surface area contributed by atoms with Gasteiger partial charge in [-0.1, -0.05) is 0 Å². The Hall–Kier alpha value is -2.49. The van der Waals surface area contributed by atoms with E-state index in [1.807, 2.05) is 0 Å².